The Morgan fingerprint density at radius 3 is 2.82 bits per heavy atom. The van der Waals surface area contributed by atoms with Crippen LogP contribution in [0.1, 0.15) is 19.8 Å². The summed E-state index contributed by atoms with van der Waals surface area (Å²) in [5.74, 6) is 0.272. The summed E-state index contributed by atoms with van der Waals surface area (Å²) in [7, 11) is 0. The van der Waals surface area contributed by atoms with Crippen LogP contribution < -0.4 is 5.32 Å². The minimum absolute atomic E-state index is 0.272. The lowest BCUT2D eigenvalue weighted by Gasteiger charge is -2.05. The largest absolute Gasteiger partial charge is 0.317 e. The second kappa shape index (κ2) is 7.48. The van der Waals surface area contributed by atoms with Gasteiger partial charge < -0.3 is 10.7 Å². The molecule has 0 saturated heterocycles. The van der Waals surface area contributed by atoms with Gasteiger partial charge in [-0.2, -0.15) is 0 Å². The number of hydrogen-bond donors (Lipinski definition) is 2. The number of hydrogen-bond acceptors (Lipinski definition) is 2. The molecule has 0 heterocycles. The minimum Gasteiger partial charge on any atom is -0.317 e. The Balaban J connectivity index is 3.21. The van der Waals surface area contributed by atoms with Crippen LogP contribution in [0.15, 0.2) is 12.7 Å². The summed E-state index contributed by atoms with van der Waals surface area (Å²) in [5.41, 5.74) is 0. The summed E-state index contributed by atoms with van der Waals surface area (Å²) < 4.78 is 0. The van der Waals surface area contributed by atoms with E-state index in [1.165, 1.54) is 6.21 Å². The molecule has 0 saturated carbocycles. The van der Waals surface area contributed by atoms with E-state index in [0.717, 1.165) is 25.9 Å². The molecule has 0 aromatic rings. The number of allylic oxidation sites excluding steroid dienone is 1. The van der Waals surface area contributed by atoms with Crippen molar-refractivity contribution in [1.29, 1.82) is 5.41 Å². The molecule has 0 fully saturated rings. The topological polar surface area (TPSA) is 35.9 Å². The average molecular weight is 154 g/mol. The van der Waals surface area contributed by atoms with Crippen LogP contribution in [0.4, 0.5) is 0 Å². The Morgan fingerprint density at radius 1 is 1.64 bits per heavy atom. The first-order valence-corrected chi connectivity index (χ1v) is 4.19. The van der Waals surface area contributed by atoms with Crippen LogP contribution >= 0.6 is 0 Å². The lowest BCUT2D eigenvalue weighted by molar-refractivity contribution is 0.617. The summed E-state index contributed by atoms with van der Waals surface area (Å²) in [6.07, 6.45) is 5.46. The third kappa shape index (κ3) is 5.80. The van der Waals surface area contributed by atoms with Crippen molar-refractivity contribution in [2.24, 2.45) is 5.92 Å². The second-order valence-corrected chi connectivity index (χ2v) is 2.56. The van der Waals surface area contributed by atoms with Crippen molar-refractivity contribution in [2.75, 3.05) is 13.1 Å². The molecule has 2 N–H and O–H groups in total. The summed E-state index contributed by atoms with van der Waals surface area (Å²) >= 11 is 0. The molecule has 2 nitrogen and oxygen atoms in total. The SMILES string of the molecule is C=CC(C=N)CCCNCC. The molecule has 0 bridgehead atoms. The van der Waals surface area contributed by atoms with Crippen LogP contribution in [0.25, 0.3) is 0 Å². The quantitative estimate of drug-likeness (QED) is 0.327. The van der Waals surface area contributed by atoms with Crippen LogP contribution in [0.3, 0.4) is 0 Å². The Bertz CT molecular complexity index is 102. The third-order valence-corrected chi connectivity index (χ3v) is 1.66. The fourth-order valence-corrected chi connectivity index (χ4v) is 0.909. The van der Waals surface area contributed by atoms with Crippen molar-refractivity contribution in [3.8, 4) is 0 Å². The van der Waals surface area contributed by atoms with Gasteiger partial charge in [0.25, 0.3) is 0 Å². The van der Waals surface area contributed by atoms with Gasteiger partial charge in [0.1, 0.15) is 0 Å². The van der Waals surface area contributed by atoms with Crippen LogP contribution in [0, 0.1) is 11.3 Å². The third-order valence-electron chi connectivity index (χ3n) is 1.66. The van der Waals surface area contributed by atoms with Gasteiger partial charge in [0.2, 0.25) is 0 Å². The molecule has 0 aromatic carbocycles. The summed E-state index contributed by atoms with van der Waals surface area (Å²) in [4.78, 5) is 0. The second-order valence-electron chi connectivity index (χ2n) is 2.56. The van der Waals surface area contributed by atoms with Gasteiger partial charge in [-0.1, -0.05) is 13.0 Å². The highest BCUT2D eigenvalue weighted by Gasteiger charge is 1.97. The Kier molecular flexibility index (Phi) is 7.05. The zero-order valence-corrected chi connectivity index (χ0v) is 7.27. The van der Waals surface area contributed by atoms with Crippen LogP contribution in [-0.4, -0.2) is 19.3 Å². The van der Waals surface area contributed by atoms with E-state index in [1.807, 2.05) is 6.08 Å². The fourth-order valence-electron chi connectivity index (χ4n) is 0.909. The maximum absolute atomic E-state index is 7.02. The van der Waals surface area contributed by atoms with Gasteiger partial charge in [-0.25, -0.2) is 0 Å². The number of nitrogens with one attached hydrogen (secondary N) is 2. The normalized spacial score (nSPS) is 12.5. The van der Waals surface area contributed by atoms with Crippen molar-refractivity contribution in [3.63, 3.8) is 0 Å². The predicted octanol–water partition coefficient (Wildman–Crippen LogP) is 1.83. The van der Waals surface area contributed by atoms with Crippen LogP contribution in [-0.2, 0) is 0 Å². The molecule has 1 unspecified atom stereocenters. The Morgan fingerprint density at radius 2 is 2.36 bits per heavy atom. The first kappa shape index (κ1) is 10.4. The molecule has 0 aliphatic rings. The summed E-state index contributed by atoms with van der Waals surface area (Å²) in [6, 6.07) is 0. The molecule has 2 heteroatoms. The van der Waals surface area contributed by atoms with Gasteiger partial charge in [0.15, 0.2) is 0 Å². The van der Waals surface area contributed by atoms with Crippen molar-refractivity contribution in [1.82, 2.24) is 5.32 Å². The van der Waals surface area contributed by atoms with Gasteiger partial charge in [-0.3, -0.25) is 0 Å². The lowest BCUT2D eigenvalue weighted by atomic mass is 10.1. The maximum Gasteiger partial charge on any atom is 0.0113 e. The highest BCUT2D eigenvalue weighted by atomic mass is 14.8. The van der Waals surface area contributed by atoms with Crippen molar-refractivity contribution in [3.05, 3.63) is 12.7 Å². The van der Waals surface area contributed by atoms with Gasteiger partial charge in [-0.15, -0.1) is 6.58 Å². The standard InChI is InChI=1S/C9H18N2/c1-3-9(8-10)6-5-7-11-4-2/h3,8-11H,1,4-7H2,2H3. The first-order chi connectivity index (χ1) is 5.35. The Labute approximate surface area is 69.2 Å². The van der Waals surface area contributed by atoms with E-state index < -0.39 is 0 Å². The highest BCUT2D eigenvalue weighted by Crippen LogP contribution is 2.02. The average Bonchev–Trinajstić information content (AvgIpc) is 2.05. The van der Waals surface area contributed by atoms with E-state index in [1.54, 1.807) is 0 Å². The van der Waals surface area contributed by atoms with E-state index >= 15 is 0 Å². The summed E-state index contributed by atoms with van der Waals surface area (Å²) in [6.45, 7) is 7.84. The molecule has 64 valence electrons. The molecule has 11 heavy (non-hydrogen) atoms. The lowest BCUT2D eigenvalue weighted by Crippen LogP contribution is -2.14. The molecule has 0 aromatic heterocycles. The highest BCUT2D eigenvalue weighted by molar-refractivity contribution is 5.59. The van der Waals surface area contributed by atoms with Gasteiger partial charge in [-0.05, 0) is 25.9 Å². The molecule has 1 atom stereocenters. The first-order valence-electron chi connectivity index (χ1n) is 4.19. The number of rotatable bonds is 7. The van der Waals surface area contributed by atoms with Gasteiger partial charge in [0.05, 0.1) is 0 Å². The van der Waals surface area contributed by atoms with Crippen molar-refractivity contribution in [2.45, 2.75) is 19.8 Å². The van der Waals surface area contributed by atoms with Gasteiger partial charge in [0, 0.05) is 12.1 Å². The van der Waals surface area contributed by atoms with Crippen molar-refractivity contribution < 1.29 is 0 Å². The van der Waals surface area contributed by atoms with E-state index in [-0.39, 0.29) is 5.92 Å². The van der Waals surface area contributed by atoms with Crippen molar-refractivity contribution >= 4 is 6.21 Å². The van der Waals surface area contributed by atoms with E-state index in [9.17, 15) is 0 Å². The van der Waals surface area contributed by atoms with Gasteiger partial charge >= 0.3 is 0 Å². The molecule has 0 amide bonds. The van der Waals surface area contributed by atoms with Crippen LogP contribution in [0.5, 0.6) is 0 Å². The Hall–Kier alpha value is -0.630. The fraction of sp³-hybridized carbons (Fsp3) is 0.667. The molecule has 0 aliphatic carbocycles. The predicted molar refractivity (Wildman–Crippen MR) is 50.2 cm³/mol. The maximum atomic E-state index is 7.02. The zero-order chi connectivity index (χ0) is 8.53. The minimum atomic E-state index is 0.272. The zero-order valence-electron chi connectivity index (χ0n) is 7.27. The molecular weight excluding hydrogens is 136 g/mol. The van der Waals surface area contributed by atoms with Crippen LogP contribution in [0.2, 0.25) is 0 Å². The molecule has 0 rings (SSSR count). The van der Waals surface area contributed by atoms with E-state index in [2.05, 4.69) is 18.8 Å². The molecule has 0 aliphatic heterocycles. The molecular formula is C9H18N2. The monoisotopic (exact) mass is 154 g/mol. The molecule has 0 radical (unpaired) electrons. The van der Waals surface area contributed by atoms with E-state index in [0.29, 0.717) is 0 Å². The smallest absolute Gasteiger partial charge is 0.0113 e. The summed E-state index contributed by atoms with van der Waals surface area (Å²) in [5, 5.41) is 10.3. The van der Waals surface area contributed by atoms with E-state index in [4.69, 9.17) is 5.41 Å². The molecule has 0 spiro atoms.